The van der Waals surface area contributed by atoms with Crippen LogP contribution in [-0.4, -0.2) is 34.7 Å². The van der Waals surface area contributed by atoms with Crippen LogP contribution in [0.15, 0.2) is 55.0 Å². The van der Waals surface area contributed by atoms with E-state index in [2.05, 4.69) is 20.5 Å². The highest BCUT2D eigenvalue weighted by Crippen LogP contribution is 2.24. The van der Waals surface area contributed by atoms with Gasteiger partial charge in [-0.2, -0.15) is 5.10 Å². The minimum absolute atomic E-state index is 0.138. The van der Waals surface area contributed by atoms with Crippen LogP contribution in [0.2, 0.25) is 0 Å². The molecule has 25 heavy (non-hydrogen) atoms. The Morgan fingerprint density at radius 3 is 2.88 bits per heavy atom. The van der Waals surface area contributed by atoms with Crippen molar-refractivity contribution in [2.75, 3.05) is 13.7 Å². The van der Waals surface area contributed by atoms with Crippen LogP contribution >= 0.6 is 0 Å². The summed E-state index contributed by atoms with van der Waals surface area (Å²) < 4.78 is 5.24. The van der Waals surface area contributed by atoms with E-state index in [0.717, 1.165) is 24.2 Å². The molecule has 0 aliphatic heterocycles. The van der Waals surface area contributed by atoms with E-state index in [4.69, 9.17) is 4.74 Å². The lowest BCUT2D eigenvalue weighted by Crippen LogP contribution is -2.25. The van der Waals surface area contributed by atoms with Gasteiger partial charge in [0.25, 0.3) is 5.91 Å². The normalized spacial score (nSPS) is 10.4. The minimum Gasteiger partial charge on any atom is -0.497 e. The zero-order valence-electron chi connectivity index (χ0n) is 14.0. The van der Waals surface area contributed by atoms with Gasteiger partial charge in [-0.1, -0.05) is 12.1 Å². The molecule has 0 saturated carbocycles. The summed E-state index contributed by atoms with van der Waals surface area (Å²) in [4.78, 5) is 16.5. The Morgan fingerprint density at radius 1 is 1.24 bits per heavy atom. The number of methoxy groups -OCH3 is 1. The molecule has 0 radical (unpaired) electrons. The van der Waals surface area contributed by atoms with E-state index >= 15 is 0 Å². The van der Waals surface area contributed by atoms with Crippen molar-refractivity contribution in [1.29, 1.82) is 0 Å². The van der Waals surface area contributed by atoms with Crippen molar-refractivity contribution >= 4 is 5.91 Å². The van der Waals surface area contributed by atoms with Gasteiger partial charge in [-0.3, -0.25) is 14.9 Å². The van der Waals surface area contributed by atoms with E-state index in [1.54, 1.807) is 25.7 Å². The maximum atomic E-state index is 12.5. The van der Waals surface area contributed by atoms with Crippen molar-refractivity contribution in [1.82, 2.24) is 20.5 Å². The van der Waals surface area contributed by atoms with Crippen molar-refractivity contribution in [2.24, 2.45) is 0 Å². The number of benzene rings is 1. The molecular weight excluding hydrogens is 316 g/mol. The molecule has 3 rings (SSSR count). The van der Waals surface area contributed by atoms with Crippen LogP contribution in [0.3, 0.4) is 0 Å². The number of hydrogen-bond donors (Lipinski definition) is 2. The summed E-state index contributed by atoms with van der Waals surface area (Å²) >= 11 is 0. The molecular formula is C19H20N4O2. The number of aromatic amines is 1. The number of pyridine rings is 1. The molecule has 128 valence electrons. The smallest absolute Gasteiger partial charge is 0.255 e. The van der Waals surface area contributed by atoms with E-state index in [-0.39, 0.29) is 5.91 Å². The standard InChI is InChI=1S/C19H20N4O2/c1-25-16-6-2-5-15(12-16)18-17(13-22-23-18)19(24)21-9-3-4-14-7-10-20-11-8-14/h2,5-8,10-13H,3-4,9H2,1H3,(H,21,24)(H,22,23). The molecule has 1 amide bonds. The molecule has 1 aromatic carbocycles. The van der Waals surface area contributed by atoms with E-state index < -0.39 is 0 Å². The maximum Gasteiger partial charge on any atom is 0.255 e. The maximum absolute atomic E-state index is 12.5. The van der Waals surface area contributed by atoms with Gasteiger partial charge in [0.1, 0.15) is 5.75 Å². The first-order valence-corrected chi connectivity index (χ1v) is 8.13. The molecule has 0 fully saturated rings. The number of aryl methyl sites for hydroxylation is 1. The van der Waals surface area contributed by atoms with Crippen LogP contribution < -0.4 is 10.1 Å². The van der Waals surface area contributed by atoms with Gasteiger partial charge < -0.3 is 10.1 Å². The summed E-state index contributed by atoms with van der Waals surface area (Å²) in [7, 11) is 1.61. The first kappa shape index (κ1) is 16.7. The van der Waals surface area contributed by atoms with Crippen molar-refractivity contribution in [3.8, 4) is 17.0 Å². The predicted octanol–water partition coefficient (Wildman–Crippen LogP) is 2.84. The highest BCUT2D eigenvalue weighted by Gasteiger charge is 2.15. The van der Waals surface area contributed by atoms with Crippen LogP contribution in [0.4, 0.5) is 0 Å². The summed E-state index contributed by atoms with van der Waals surface area (Å²) in [6, 6.07) is 11.5. The Hall–Kier alpha value is -3.15. The number of nitrogens with one attached hydrogen (secondary N) is 2. The summed E-state index contributed by atoms with van der Waals surface area (Å²) in [6.45, 7) is 0.601. The Bertz CT molecular complexity index is 830. The average Bonchev–Trinajstić information content (AvgIpc) is 3.16. The van der Waals surface area contributed by atoms with Crippen LogP contribution in [0, 0.1) is 0 Å². The second kappa shape index (κ2) is 8.10. The van der Waals surface area contributed by atoms with Gasteiger partial charge in [0.15, 0.2) is 0 Å². The molecule has 2 aromatic heterocycles. The first-order chi connectivity index (χ1) is 12.3. The lowest BCUT2D eigenvalue weighted by Gasteiger charge is -2.07. The molecule has 0 aliphatic rings. The molecule has 6 nitrogen and oxygen atoms in total. The first-order valence-electron chi connectivity index (χ1n) is 8.13. The van der Waals surface area contributed by atoms with Crippen LogP contribution in [0.1, 0.15) is 22.3 Å². The number of H-pyrrole nitrogens is 1. The third-order valence-corrected chi connectivity index (χ3v) is 3.92. The van der Waals surface area contributed by atoms with Gasteiger partial charge >= 0.3 is 0 Å². The van der Waals surface area contributed by atoms with E-state index in [1.807, 2.05) is 36.4 Å². The summed E-state index contributed by atoms with van der Waals surface area (Å²) in [6.07, 6.45) is 6.87. The van der Waals surface area contributed by atoms with Crippen molar-refractivity contribution in [3.63, 3.8) is 0 Å². The van der Waals surface area contributed by atoms with Crippen molar-refractivity contribution in [2.45, 2.75) is 12.8 Å². The molecule has 0 spiro atoms. The monoisotopic (exact) mass is 336 g/mol. The third-order valence-electron chi connectivity index (χ3n) is 3.92. The van der Waals surface area contributed by atoms with Crippen LogP contribution in [0.25, 0.3) is 11.3 Å². The summed E-state index contributed by atoms with van der Waals surface area (Å²) in [5.41, 5.74) is 3.28. The third kappa shape index (κ3) is 4.23. The largest absolute Gasteiger partial charge is 0.497 e. The van der Waals surface area contributed by atoms with Crippen molar-refractivity contribution in [3.05, 3.63) is 66.1 Å². The number of ether oxygens (including phenoxy) is 1. The number of amides is 1. The zero-order valence-corrected chi connectivity index (χ0v) is 14.0. The second-order valence-corrected chi connectivity index (χ2v) is 5.61. The number of aromatic nitrogens is 3. The molecule has 0 unspecified atom stereocenters. The lowest BCUT2D eigenvalue weighted by atomic mass is 10.1. The van der Waals surface area contributed by atoms with E-state index in [0.29, 0.717) is 17.8 Å². The van der Waals surface area contributed by atoms with Crippen LogP contribution in [0.5, 0.6) is 5.75 Å². The molecule has 0 bridgehead atoms. The van der Waals surface area contributed by atoms with Gasteiger partial charge in [-0.15, -0.1) is 0 Å². The summed E-state index contributed by atoms with van der Waals surface area (Å²) in [5, 5.41) is 9.86. The second-order valence-electron chi connectivity index (χ2n) is 5.61. The van der Waals surface area contributed by atoms with E-state index in [9.17, 15) is 4.79 Å². The summed E-state index contributed by atoms with van der Waals surface area (Å²) in [5.74, 6) is 0.595. The topological polar surface area (TPSA) is 79.9 Å². The Kier molecular flexibility index (Phi) is 5.41. The molecule has 2 N–H and O–H groups in total. The predicted molar refractivity (Wildman–Crippen MR) is 95.5 cm³/mol. The van der Waals surface area contributed by atoms with Gasteiger partial charge in [0.2, 0.25) is 0 Å². The lowest BCUT2D eigenvalue weighted by molar-refractivity contribution is 0.0954. The number of carbonyl (C=O) groups excluding carboxylic acids is 1. The Labute approximate surface area is 146 Å². The molecule has 3 aromatic rings. The quantitative estimate of drug-likeness (QED) is 0.650. The number of nitrogens with zero attached hydrogens (tertiary/aromatic N) is 2. The molecule has 0 saturated heterocycles. The number of carbonyl (C=O) groups is 1. The van der Waals surface area contributed by atoms with Gasteiger partial charge in [0, 0.05) is 24.5 Å². The molecule has 2 heterocycles. The minimum atomic E-state index is -0.138. The SMILES string of the molecule is COc1cccc(-c2[nH]ncc2C(=O)NCCCc2ccncc2)c1. The zero-order chi connectivity index (χ0) is 17.5. The fourth-order valence-corrected chi connectivity index (χ4v) is 2.60. The fraction of sp³-hybridized carbons (Fsp3) is 0.211. The van der Waals surface area contributed by atoms with Gasteiger partial charge in [0.05, 0.1) is 24.6 Å². The highest BCUT2D eigenvalue weighted by molar-refractivity contribution is 5.99. The Balaban J connectivity index is 1.60. The average molecular weight is 336 g/mol. The fourth-order valence-electron chi connectivity index (χ4n) is 2.60. The van der Waals surface area contributed by atoms with E-state index in [1.165, 1.54) is 5.56 Å². The van der Waals surface area contributed by atoms with Gasteiger partial charge in [-0.05, 0) is 42.7 Å². The molecule has 0 aliphatic carbocycles. The molecule has 0 atom stereocenters. The number of rotatable bonds is 7. The Morgan fingerprint density at radius 2 is 2.08 bits per heavy atom. The number of hydrogen-bond acceptors (Lipinski definition) is 4. The van der Waals surface area contributed by atoms with Gasteiger partial charge in [-0.25, -0.2) is 0 Å². The van der Waals surface area contributed by atoms with Crippen molar-refractivity contribution < 1.29 is 9.53 Å². The van der Waals surface area contributed by atoms with Crippen LogP contribution in [-0.2, 0) is 6.42 Å². The highest BCUT2D eigenvalue weighted by atomic mass is 16.5. The molecule has 6 heteroatoms.